The zero-order valence-electron chi connectivity index (χ0n) is 16.5. The molecule has 2 aromatic carbocycles. The Kier molecular flexibility index (Phi) is 5.36. The number of halogens is 1. The number of pyridine rings is 1. The van der Waals surface area contributed by atoms with Crippen molar-refractivity contribution in [2.75, 3.05) is 0 Å². The SMILES string of the molecule is Cc1cc(-c2c(C(C)C)nc(C[C@@H](C)C(=O)O)c3cc(O)ccc23)ccc1F. The second-order valence-electron chi connectivity index (χ2n) is 7.61. The van der Waals surface area contributed by atoms with Crippen LogP contribution in [0.5, 0.6) is 5.75 Å². The fourth-order valence-corrected chi connectivity index (χ4v) is 3.44. The number of rotatable bonds is 5. The number of carboxylic acid groups (broad SMARTS) is 1. The van der Waals surface area contributed by atoms with Crippen LogP contribution in [0.25, 0.3) is 21.9 Å². The Hall–Kier alpha value is -2.95. The van der Waals surface area contributed by atoms with Crippen LogP contribution < -0.4 is 0 Å². The van der Waals surface area contributed by atoms with Gasteiger partial charge in [-0.1, -0.05) is 26.8 Å². The minimum Gasteiger partial charge on any atom is -0.508 e. The number of fused-ring (bicyclic) bond motifs is 1. The molecule has 0 radical (unpaired) electrons. The minimum absolute atomic E-state index is 0.0810. The lowest BCUT2D eigenvalue weighted by molar-refractivity contribution is -0.141. The van der Waals surface area contributed by atoms with Gasteiger partial charge < -0.3 is 10.2 Å². The minimum atomic E-state index is -0.889. The Labute approximate surface area is 163 Å². The van der Waals surface area contributed by atoms with Gasteiger partial charge in [-0.25, -0.2) is 4.39 Å². The summed E-state index contributed by atoms with van der Waals surface area (Å²) in [6.07, 6.45) is 0.262. The summed E-state index contributed by atoms with van der Waals surface area (Å²) < 4.78 is 13.8. The van der Waals surface area contributed by atoms with Gasteiger partial charge in [0.15, 0.2) is 0 Å². The third-order valence-electron chi connectivity index (χ3n) is 5.01. The largest absolute Gasteiger partial charge is 0.508 e. The van der Waals surface area contributed by atoms with Crippen molar-refractivity contribution in [3.8, 4) is 16.9 Å². The van der Waals surface area contributed by atoms with Crippen LogP contribution in [0.1, 0.15) is 43.6 Å². The first-order chi connectivity index (χ1) is 13.2. The van der Waals surface area contributed by atoms with Crippen LogP contribution in [-0.2, 0) is 11.2 Å². The molecule has 0 aliphatic heterocycles. The van der Waals surface area contributed by atoms with Gasteiger partial charge in [-0.3, -0.25) is 9.78 Å². The second-order valence-corrected chi connectivity index (χ2v) is 7.61. The molecule has 146 valence electrons. The molecule has 4 nitrogen and oxygen atoms in total. The van der Waals surface area contributed by atoms with Crippen molar-refractivity contribution in [3.63, 3.8) is 0 Å². The molecule has 2 N–H and O–H groups in total. The van der Waals surface area contributed by atoms with Crippen molar-refractivity contribution in [3.05, 3.63) is 59.2 Å². The van der Waals surface area contributed by atoms with Crippen LogP contribution in [0.15, 0.2) is 36.4 Å². The van der Waals surface area contributed by atoms with E-state index in [0.29, 0.717) is 11.3 Å². The van der Waals surface area contributed by atoms with Crippen LogP contribution >= 0.6 is 0 Å². The third-order valence-corrected chi connectivity index (χ3v) is 5.01. The van der Waals surface area contributed by atoms with Crippen molar-refractivity contribution < 1.29 is 19.4 Å². The molecule has 0 spiro atoms. The number of hydrogen-bond donors (Lipinski definition) is 2. The molecule has 0 saturated heterocycles. The molecule has 3 rings (SSSR count). The van der Waals surface area contributed by atoms with Crippen molar-refractivity contribution in [1.82, 2.24) is 4.98 Å². The zero-order chi connectivity index (χ0) is 20.6. The number of nitrogens with zero attached hydrogens (tertiary/aromatic N) is 1. The predicted molar refractivity (Wildman–Crippen MR) is 108 cm³/mol. The molecule has 0 unspecified atom stereocenters. The highest BCUT2D eigenvalue weighted by molar-refractivity contribution is 6.00. The van der Waals surface area contributed by atoms with Crippen molar-refractivity contribution in [2.45, 2.75) is 40.0 Å². The third kappa shape index (κ3) is 3.70. The van der Waals surface area contributed by atoms with Crippen LogP contribution in [-0.4, -0.2) is 21.2 Å². The average molecular weight is 381 g/mol. The Balaban J connectivity index is 2.35. The van der Waals surface area contributed by atoms with E-state index in [1.807, 2.05) is 19.9 Å². The molecule has 0 aliphatic rings. The van der Waals surface area contributed by atoms with E-state index in [4.69, 9.17) is 4.98 Å². The maximum atomic E-state index is 13.8. The lowest BCUT2D eigenvalue weighted by Crippen LogP contribution is -2.14. The Bertz CT molecular complexity index is 1060. The van der Waals surface area contributed by atoms with Crippen molar-refractivity contribution in [2.24, 2.45) is 5.92 Å². The quantitative estimate of drug-likeness (QED) is 0.617. The smallest absolute Gasteiger partial charge is 0.306 e. The second kappa shape index (κ2) is 7.58. The number of carbonyl (C=O) groups is 1. The van der Waals surface area contributed by atoms with E-state index in [1.165, 1.54) is 6.07 Å². The molecule has 1 heterocycles. The summed E-state index contributed by atoms with van der Waals surface area (Å²) in [5, 5.41) is 20.9. The molecule has 3 aromatic rings. The van der Waals surface area contributed by atoms with Crippen LogP contribution in [0, 0.1) is 18.7 Å². The number of phenolic OH excluding ortho intramolecular Hbond substituents is 1. The highest BCUT2D eigenvalue weighted by Crippen LogP contribution is 2.38. The molecular formula is C23H24FNO3. The molecule has 1 aromatic heterocycles. The standard InChI is InChI=1S/C23H24FNO3/c1-12(2)22-21(15-5-8-19(24)13(3)9-15)17-7-6-16(26)11-18(17)20(25-22)10-14(4)23(27)28/h5-9,11-12,14,26H,10H2,1-4H3,(H,27,28)/t14-/m1/s1. The lowest BCUT2D eigenvalue weighted by Gasteiger charge is -2.20. The average Bonchev–Trinajstić information content (AvgIpc) is 2.63. The van der Waals surface area contributed by atoms with Gasteiger partial charge in [0.05, 0.1) is 11.6 Å². The number of benzene rings is 2. The van der Waals surface area contributed by atoms with Gasteiger partial charge in [-0.15, -0.1) is 0 Å². The zero-order valence-corrected chi connectivity index (χ0v) is 16.5. The van der Waals surface area contributed by atoms with E-state index < -0.39 is 11.9 Å². The van der Waals surface area contributed by atoms with E-state index in [0.717, 1.165) is 27.6 Å². The van der Waals surface area contributed by atoms with E-state index in [1.54, 1.807) is 38.1 Å². The van der Waals surface area contributed by atoms with E-state index in [-0.39, 0.29) is 23.9 Å². The van der Waals surface area contributed by atoms with Crippen molar-refractivity contribution >= 4 is 16.7 Å². The van der Waals surface area contributed by atoms with Gasteiger partial charge in [0.25, 0.3) is 0 Å². The summed E-state index contributed by atoms with van der Waals surface area (Å²) in [5.74, 6) is -1.58. The van der Waals surface area contributed by atoms with E-state index in [2.05, 4.69) is 0 Å². The number of phenols is 1. The van der Waals surface area contributed by atoms with E-state index in [9.17, 15) is 19.4 Å². The molecule has 0 bridgehead atoms. The van der Waals surface area contributed by atoms with Crippen LogP contribution in [0.3, 0.4) is 0 Å². The van der Waals surface area contributed by atoms with Gasteiger partial charge in [-0.05, 0) is 59.7 Å². The maximum absolute atomic E-state index is 13.8. The molecule has 5 heteroatoms. The Morgan fingerprint density at radius 1 is 1.11 bits per heavy atom. The summed E-state index contributed by atoms with van der Waals surface area (Å²) in [5.41, 5.74) is 3.76. The lowest BCUT2D eigenvalue weighted by atomic mass is 9.89. The van der Waals surface area contributed by atoms with E-state index >= 15 is 0 Å². The van der Waals surface area contributed by atoms with Crippen LogP contribution in [0.2, 0.25) is 0 Å². The van der Waals surface area contributed by atoms with Gasteiger partial charge in [-0.2, -0.15) is 0 Å². The molecule has 28 heavy (non-hydrogen) atoms. The molecule has 0 saturated carbocycles. The number of aromatic nitrogens is 1. The highest BCUT2D eigenvalue weighted by atomic mass is 19.1. The highest BCUT2D eigenvalue weighted by Gasteiger charge is 2.21. The number of aromatic hydroxyl groups is 1. The first-order valence-corrected chi connectivity index (χ1v) is 9.33. The molecule has 0 aliphatic carbocycles. The molecule has 1 atom stereocenters. The first-order valence-electron chi connectivity index (χ1n) is 9.33. The fraction of sp³-hybridized carbons (Fsp3) is 0.304. The summed E-state index contributed by atoms with van der Waals surface area (Å²) in [4.78, 5) is 16.2. The summed E-state index contributed by atoms with van der Waals surface area (Å²) in [7, 11) is 0. The van der Waals surface area contributed by atoms with Gasteiger partial charge in [0.1, 0.15) is 11.6 Å². The van der Waals surface area contributed by atoms with Gasteiger partial charge >= 0.3 is 5.97 Å². The summed E-state index contributed by atoms with van der Waals surface area (Å²) in [6.45, 7) is 7.42. The monoisotopic (exact) mass is 381 g/mol. The number of hydrogen-bond acceptors (Lipinski definition) is 3. The first kappa shape index (κ1) is 19.8. The number of aliphatic carboxylic acids is 1. The molecule has 0 amide bonds. The Morgan fingerprint density at radius 2 is 1.82 bits per heavy atom. The van der Waals surface area contributed by atoms with Crippen molar-refractivity contribution in [1.29, 1.82) is 0 Å². The Morgan fingerprint density at radius 3 is 2.43 bits per heavy atom. The predicted octanol–water partition coefficient (Wildman–Crippen LogP) is 5.44. The maximum Gasteiger partial charge on any atom is 0.306 e. The molecule has 0 fully saturated rings. The van der Waals surface area contributed by atoms with Gasteiger partial charge in [0.2, 0.25) is 0 Å². The normalized spacial score (nSPS) is 12.5. The topological polar surface area (TPSA) is 70.4 Å². The summed E-state index contributed by atoms with van der Waals surface area (Å²) >= 11 is 0. The molecular weight excluding hydrogens is 357 g/mol. The number of aryl methyl sites for hydroxylation is 1. The van der Waals surface area contributed by atoms with Crippen LogP contribution in [0.4, 0.5) is 4.39 Å². The fourth-order valence-electron chi connectivity index (χ4n) is 3.44. The van der Waals surface area contributed by atoms with Gasteiger partial charge in [0, 0.05) is 23.1 Å². The summed E-state index contributed by atoms with van der Waals surface area (Å²) in [6, 6.07) is 10.0. The number of carboxylic acids is 1.